The maximum Gasteiger partial charge on any atom is 0.137 e. The van der Waals surface area contributed by atoms with Crippen molar-refractivity contribution in [1.82, 2.24) is 10.3 Å². The summed E-state index contributed by atoms with van der Waals surface area (Å²) in [6.07, 6.45) is 3.60. The predicted octanol–water partition coefficient (Wildman–Crippen LogP) is 2.40. The third-order valence-electron chi connectivity index (χ3n) is 2.46. The maximum absolute atomic E-state index is 5.17. The smallest absolute Gasteiger partial charge is 0.137 e. The van der Waals surface area contributed by atoms with Crippen LogP contribution in [0.5, 0.6) is 5.75 Å². The molecule has 1 unspecified atom stereocenters. The molecule has 0 bridgehead atoms. The van der Waals surface area contributed by atoms with Crippen LogP contribution in [0.1, 0.15) is 32.4 Å². The summed E-state index contributed by atoms with van der Waals surface area (Å²) in [4.78, 5) is 4.17. The van der Waals surface area contributed by atoms with E-state index in [0.717, 1.165) is 11.3 Å². The Kier molecular flexibility index (Phi) is 3.69. The van der Waals surface area contributed by atoms with E-state index in [4.69, 9.17) is 4.74 Å². The highest BCUT2D eigenvalue weighted by Crippen LogP contribution is 2.32. The van der Waals surface area contributed by atoms with Gasteiger partial charge in [0.05, 0.1) is 13.3 Å². The number of nitrogens with zero attached hydrogens (tertiary/aromatic N) is 1. The molecule has 1 aromatic rings. The van der Waals surface area contributed by atoms with Gasteiger partial charge in [-0.25, -0.2) is 0 Å². The molecule has 0 saturated carbocycles. The quantitative estimate of drug-likeness (QED) is 0.828. The summed E-state index contributed by atoms with van der Waals surface area (Å²) in [5.41, 5.74) is 1.31. The van der Waals surface area contributed by atoms with Gasteiger partial charge >= 0.3 is 0 Å². The topological polar surface area (TPSA) is 34.2 Å². The Morgan fingerprint density at radius 3 is 2.47 bits per heavy atom. The van der Waals surface area contributed by atoms with Gasteiger partial charge in [-0.15, -0.1) is 0 Å². The van der Waals surface area contributed by atoms with Crippen molar-refractivity contribution >= 4 is 0 Å². The van der Waals surface area contributed by atoms with Gasteiger partial charge in [0.15, 0.2) is 0 Å². The minimum absolute atomic E-state index is 0.156. The normalized spacial score (nSPS) is 13.7. The average molecular weight is 208 g/mol. The summed E-state index contributed by atoms with van der Waals surface area (Å²) in [5, 5.41) is 3.31. The van der Waals surface area contributed by atoms with E-state index < -0.39 is 0 Å². The Morgan fingerprint density at radius 1 is 1.33 bits per heavy atom. The summed E-state index contributed by atoms with van der Waals surface area (Å²) in [7, 11) is 3.63. The number of rotatable bonds is 3. The van der Waals surface area contributed by atoms with Gasteiger partial charge in [0, 0.05) is 12.2 Å². The van der Waals surface area contributed by atoms with E-state index in [-0.39, 0.29) is 11.5 Å². The lowest BCUT2D eigenvalue weighted by Crippen LogP contribution is -2.29. The van der Waals surface area contributed by atoms with E-state index in [1.165, 1.54) is 0 Å². The van der Waals surface area contributed by atoms with Crippen LogP contribution in [0.3, 0.4) is 0 Å². The van der Waals surface area contributed by atoms with Crippen molar-refractivity contribution in [2.45, 2.75) is 26.8 Å². The molecule has 3 nitrogen and oxygen atoms in total. The minimum Gasteiger partial charge on any atom is -0.495 e. The molecule has 0 aliphatic rings. The highest BCUT2D eigenvalue weighted by atomic mass is 16.5. The van der Waals surface area contributed by atoms with Gasteiger partial charge in [0.1, 0.15) is 5.75 Å². The van der Waals surface area contributed by atoms with Crippen LogP contribution in [0.2, 0.25) is 0 Å². The van der Waals surface area contributed by atoms with Crippen LogP contribution in [0.4, 0.5) is 0 Å². The second kappa shape index (κ2) is 4.62. The number of aromatic nitrogens is 1. The van der Waals surface area contributed by atoms with Gasteiger partial charge in [0.2, 0.25) is 0 Å². The van der Waals surface area contributed by atoms with Crippen LogP contribution < -0.4 is 10.1 Å². The monoisotopic (exact) mass is 208 g/mol. The van der Waals surface area contributed by atoms with Crippen molar-refractivity contribution in [3.05, 3.63) is 24.0 Å². The van der Waals surface area contributed by atoms with Crippen molar-refractivity contribution in [2.75, 3.05) is 14.2 Å². The highest BCUT2D eigenvalue weighted by molar-refractivity contribution is 5.26. The van der Waals surface area contributed by atoms with Gasteiger partial charge < -0.3 is 10.1 Å². The van der Waals surface area contributed by atoms with Gasteiger partial charge in [-0.2, -0.15) is 0 Å². The molecule has 1 heterocycles. The lowest BCUT2D eigenvalue weighted by Gasteiger charge is -2.30. The zero-order valence-electron chi connectivity index (χ0n) is 10.2. The molecule has 1 atom stereocenters. The summed E-state index contributed by atoms with van der Waals surface area (Å²) in [6.45, 7) is 6.61. The molecule has 1 aromatic heterocycles. The molecule has 0 amide bonds. The lowest BCUT2D eigenvalue weighted by atomic mass is 9.83. The number of hydrogen-bond acceptors (Lipinski definition) is 3. The standard InChI is InChI=1S/C12H20N2O/c1-12(2,3)11(13-4)9-6-10(15-5)8-14-7-9/h6-8,11,13H,1-5H3. The zero-order valence-corrected chi connectivity index (χ0v) is 10.2. The molecule has 0 radical (unpaired) electrons. The first kappa shape index (κ1) is 12.0. The molecule has 1 rings (SSSR count). The van der Waals surface area contributed by atoms with E-state index in [1.807, 2.05) is 19.3 Å². The van der Waals surface area contributed by atoms with Gasteiger partial charge in [-0.1, -0.05) is 20.8 Å². The molecule has 84 valence electrons. The number of nitrogens with one attached hydrogen (secondary N) is 1. The predicted molar refractivity (Wildman–Crippen MR) is 62.0 cm³/mol. The fourth-order valence-corrected chi connectivity index (χ4v) is 1.80. The largest absolute Gasteiger partial charge is 0.495 e. The molecule has 0 fully saturated rings. The summed E-state index contributed by atoms with van der Waals surface area (Å²) in [5.74, 6) is 0.803. The Labute approximate surface area is 91.9 Å². The maximum atomic E-state index is 5.17. The van der Waals surface area contributed by atoms with Crippen LogP contribution in [-0.2, 0) is 0 Å². The Hall–Kier alpha value is -1.09. The number of hydrogen-bond donors (Lipinski definition) is 1. The number of ether oxygens (including phenoxy) is 1. The first-order valence-electron chi connectivity index (χ1n) is 5.15. The van der Waals surface area contributed by atoms with Crippen molar-refractivity contribution in [2.24, 2.45) is 5.41 Å². The number of methoxy groups -OCH3 is 1. The third kappa shape index (κ3) is 2.93. The number of pyridine rings is 1. The molecule has 0 aliphatic carbocycles. The van der Waals surface area contributed by atoms with E-state index in [2.05, 4.69) is 31.1 Å². The molecule has 0 spiro atoms. The Morgan fingerprint density at radius 2 is 2.00 bits per heavy atom. The van der Waals surface area contributed by atoms with Crippen LogP contribution in [-0.4, -0.2) is 19.1 Å². The molecule has 3 heteroatoms. The second-order valence-electron chi connectivity index (χ2n) is 4.75. The third-order valence-corrected chi connectivity index (χ3v) is 2.46. The molecule has 0 saturated heterocycles. The summed E-state index contributed by atoms with van der Waals surface area (Å²) >= 11 is 0. The van der Waals surface area contributed by atoms with Crippen molar-refractivity contribution in [1.29, 1.82) is 0 Å². The van der Waals surface area contributed by atoms with Crippen LogP contribution >= 0.6 is 0 Å². The first-order valence-corrected chi connectivity index (χ1v) is 5.15. The molecule has 0 aliphatic heterocycles. The average Bonchev–Trinajstić information content (AvgIpc) is 2.17. The van der Waals surface area contributed by atoms with Crippen LogP contribution in [0.25, 0.3) is 0 Å². The Bertz CT molecular complexity index is 318. The zero-order chi connectivity index (χ0) is 11.5. The molecular weight excluding hydrogens is 188 g/mol. The SMILES string of the molecule is CNC(c1cncc(OC)c1)C(C)(C)C. The molecule has 1 N–H and O–H groups in total. The van der Waals surface area contributed by atoms with E-state index >= 15 is 0 Å². The van der Waals surface area contributed by atoms with E-state index in [0.29, 0.717) is 0 Å². The Balaban J connectivity index is 3.02. The summed E-state index contributed by atoms with van der Waals surface area (Å²) in [6, 6.07) is 2.31. The molecular formula is C12H20N2O. The van der Waals surface area contributed by atoms with Gasteiger partial charge in [-0.05, 0) is 24.1 Å². The summed E-state index contributed by atoms with van der Waals surface area (Å²) < 4.78 is 5.17. The molecule has 15 heavy (non-hydrogen) atoms. The van der Waals surface area contributed by atoms with Crippen molar-refractivity contribution < 1.29 is 4.74 Å². The van der Waals surface area contributed by atoms with Crippen LogP contribution in [0.15, 0.2) is 18.5 Å². The van der Waals surface area contributed by atoms with E-state index in [1.54, 1.807) is 13.3 Å². The van der Waals surface area contributed by atoms with Crippen LogP contribution in [0, 0.1) is 5.41 Å². The fraction of sp³-hybridized carbons (Fsp3) is 0.583. The minimum atomic E-state index is 0.156. The first-order chi connectivity index (χ1) is 6.99. The van der Waals surface area contributed by atoms with Gasteiger partial charge in [0.25, 0.3) is 0 Å². The lowest BCUT2D eigenvalue weighted by molar-refractivity contribution is 0.285. The molecule has 0 aromatic carbocycles. The second-order valence-corrected chi connectivity index (χ2v) is 4.75. The van der Waals surface area contributed by atoms with Crippen molar-refractivity contribution in [3.63, 3.8) is 0 Å². The highest BCUT2D eigenvalue weighted by Gasteiger charge is 2.25. The van der Waals surface area contributed by atoms with Gasteiger partial charge in [-0.3, -0.25) is 4.98 Å². The fourth-order valence-electron chi connectivity index (χ4n) is 1.80. The van der Waals surface area contributed by atoms with E-state index in [9.17, 15) is 0 Å². The van der Waals surface area contributed by atoms with Crippen molar-refractivity contribution in [3.8, 4) is 5.75 Å².